The molecule has 5 fully saturated rings. The molecule has 5 aliphatic carbocycles. The normalized spacial score (nSPS) is 57.9. The molecular formula is C30H50O. The van der Waals surface area contributed by atoms with Crippen LogP contribution in [0.2, 0.25) is 0 Å². The first-order valence-electron chi connectivity index (χ1n) is 13.6. The minimum atomic E-state index is -0.118. The molecule has 0 aromatic rings. The summed E-state index contributed by atoms with van der Waals surface area (Å²) >= 11 is 0. The van der Waals surface area contributed by atoms with Crippen molar-refractivity contribution in [3.63, 3.8) is 0 Å². The Morgan fingerprint density at radius 1 is 0.742 bits per heavy atom. The molecule has 0 heterocycles. The number of aliphatic hydroxyl groups excluding tert-OH is 1. The van der Waals surface area contributed by atoms with Crippen molar-refractivity contribution in [1.29, 1.82) is 0 Å². The van der Waals surface area contributed by atoms with Gasteiger partial charge in [-0.15, -0.1) is 0 Å². The van der Waals surface area contributed by atoms with E-state index >= 15 is 0 Å². The van der Waals surface area contributed by atoms with E-state index in [1.165, 1.54) is 63.4 Å². The Morgan fingerprint density at radius 2 is 1.45 bits per heavy atom. The molecule has 5 rings (SSSR count). The molecule has 1 N–H and O–H groups in total. The fraction of sp³-hybridized carbons (Fsp3) is 0.933. The van der Waals surface area contributed by atoms with Crippen molar-refractivity contribution < 1.29 is 5.11 Å². The summed E-state index contributed by atoms with van der Waals surface area (Å²) in [6, 6.07) is 0. The topological polar surface area (TPSA) is 20.2 Å². The standard InChI is InChI=1S/C30H50O/c1-19(2)20-11-14-27(5)17-18-29(7)21(25(20)27)9-10-23-28(6)15-13-24(31)26(3,4)22(28)12-16-30(23,29)8/h20-25,31H,1,9-18H2,2-8H3/t20-,21+,22-,23+,24+,25-,27+,28-,29+,30+/m0/s1. The monoisotopic (exact) mass is 426 g/mol. The first-order chi connectivity index (χ1) is 14.3. The van der Waals surface area contributed by atoms with Crippen LogP contribution in [-0.4, -0.2) is 11.2 Å². The molecule has 5 aliphatic rings. The molecular weight excluding hydrogens is 376 g/mol. The lowest BCUT2D eigenvalue weighted by molar-refractivity contribution is -0.246. The Hall–Kier alpha value is -0.300. The lowest BCUT2D eigenvalue weighted by atomic mass is 9.32. The average Bonchev–Trinajstić information content (AvgIpc) is 3.04. The summed E-state index contributed by atoms with van der Waals surface area (Å²) in [6.45, 7) is 22.3. The number of fused-ring (bicyclic) bond motifs is 7. The Bertz CT molecular complexity index is 766. The van der Waals surface area contributed by atoms with Gasteiger partial charge < -0.3 is 5.11 Å². The second-order valence-corrected chi connectivity index (χ2v) is 14.7. The van der Waals surface area contributed by atoms with Crippen molar-refractivity contribution in [2.75, 3.05) is 0 Å². The molecule has 0 aromatic carbocycles. The maximum Gasteiger partial charge on any atom is 0.0594 e. The second kappa shape index (κ2) is 6.64. The molecule has 31 heavy (non-hydrogen) atoms. The van der Waals surface area contributed by atoms with E-state index in [1.807, 2.05) is 0 Å². The summed E-state index contributed by atoms with van der Waals surface area (Å²) in [6.07, 6.45) is 13.4. The third-order valence-electron chi connectivity index (χ3n) is 13.5. The fourth-order valence-corrected chi connectivity index (χ4v) is 11.5. The predicted molar refractivity (Wildman–Crippen MR) is 131 cm³/mol. The first kappa shape index (κ1) is 22.5. The number of allylic oxidation sites excluding steroid dienone is 1. The Balaban J connectivity index is 1.54. The molecule has 10 atom stereocenters. The minimum Gasteiger partial charge on any atom is -0.393 e. The van der Waals surface area contributed by atoms with Gasteiger partial charge in [0.2, 0.25) is 0 Å². The van der Waals surface area contributed by atoms with Gasteiger partial charge in [-0.05, 0) is 128 Å². The van der Waals surface area contributed by atoms with Crippen molar-refractivity contribution in [3.05, 3.63) is 12.2 Å². The number of rotatable bonds is 1. The van der Waals surface area contributed by atoms with Crippen LogP contribution < -0.4 is 0 Å². The van der Waals surface area contributed by atoms with Crippen molar-refractivity contribution in [2.24, 2.45) is 56.7 Å². The highest BCUT2D eigenvalue weighted by atomic mass is 16.3. The zero-order chi connectivity index (χ0) is 22.6. The van der Waals surface area contributed by atoms with Crippen molar-refractivity contribution in [3.8, 4) is 0 Å². The van der Waals surface area contributed by atoms with E-state index in [2.05, 4.69) is 55.0 Å². The van der Waals surface area contributed by atoms with Crippen LogP contribution in [0.25, 0.3) is 0 Å². The van der Waals surface area contributed by atoms with Gasteiger partial charge >= 0.3 is 0 Å². The minimum absolute atomic E-state index is 0.0632. The smallest absolute Gasteiger partial charge is 0.0594 e. The molecule has 0 saturated heterocycles. The number of hydrogen-bond acceptors (Lipinski definition) is 1. The lowest BCUT2D eigenvalue weighted by Gasteiger charge is -2.73. The predicted octanol–water partition coefficient (Wildman–Crippen LogP) is 8.02. The fourth-order valence-electron chi connectivity index (χ4n) is 11.5. The summed E-state index contributed by atoms with van der Waals surface area (Å²) in [4.78, 5) is 0. The molecule has 1 nitrogen and oxygen atoms in total. The summed E-state index contributed by atoms with van der Waals surface area (Å²) in [5.41, 5.74) is 3.38. The molecule has 1 heteroatoms. The first-order valence-corrected chi connectivity index (χ1v) is 13.6. The number of aliphatic hydroxyl groups is 1. The molecule has 176 valence electrons. The quantitative estimate of drug-likeness (QED) is 0.421. The number of hydrogen-bond donors (Lipinski definition) is 1. The van der Waals surface area contributed by atoms with Crippen LogP contribution in [0.4, 0.5) is 0 Å². The van der Waals surface area contributed by atoms with Gasteiger partial charge in [0.05, 0.1) is 6.10 Å². The Labute approximate surface area is 192 Å². The lowest BCUT2D eigenvalue weighted by Crippen LogP contribution is -2.66. The van der Waals surface area contributed by atoms with Crippen molar-refractivity contribution in [1.82, 2.24) is 0 Å². The van der Waals surface area contributed by atoms with E-state index in [4.69, 9.17) is 0 Å². The van der Waals surface area contributed by atoms with E-state index in [1.54, 1.807) is 0 Å². The van der Waals surface area contributed by atoms with Crippen LogP contribution in [0.5, 0.6) is 0 Å². The highest BCUT2D eigenvalue weighted by molar-refractivity contribution is 5.21. The molecule has 5 saturated carbocycles. The third kappa shape index (κ3) is 2.65. The van der Waals surface area contributed by atoms with Crippen LogP contribution in [0.3, 0.4) is 0 Å². The van der Waals surface area contributed by atoms with Crippen LogP contribution >= 0.6 is 0 Å². The second-order valence-electron chi connectivity index (χ2n) is 14.7. The molecule has 0 unspecified atom stereocenters. The highest BCUT2D eigenvalue weighted by Gasteiger charge is 2.70. The summed E-state index contributed by atoms with van der Waals surface area (Å²) in [5, 5.41) is 10.9. The molecule has 0 aromatic heterocycles. The van der Waals surface area contributed by atoms with Gasteiger partial charge in [-0.3, -0.25) is 0 Å². The van der Waals surface area contributed by atoms with Gasteiger partial charge in [0, 0.05) is 0 Å². The van der Waals surface area contributed by atoms with Gasteiger partial charge in [-0.25, -0.2) is 0 Å². The van der Waals surface area contributed by atoms with E-state index in [9.17, 15) is 5.11 Å². The zero-order valence-corrected chi connectivity index (χ0v) is 21.7. The average molecular weight is 427 g/mol. The van der Waals surface area contributed by atoms with Gasteiger partial charge in [0.15, 0.2) is 0 Å². The van der Waals surface area contributed by atoms with E-state index in [-0.39, 0.29) is 11.5 Å². The molecule has 0 bridgehead atoms. The van der Waals surface area contributed by atoms with Crippen LogP contribution in [0.1, 0.15) is 113 Å². The van der Waals surface area contributed by atoms with E-state index < -0.39 is 0 Å². The summed E-state index contributed by atoms with van der Waals surface area (Å²) in [7, 11) is 0. The Morgan fingerprint density at radius 3 is 2.13 bits per heavy atom. The molecule has 0 radical (unpaired) electrons. The summed E-state index contributed by atoms with van der Waals surface area (Å²) in [5.74, 6) is 3.98. The van der Waals surface area contributed by atoms with Crippen molar-refractivity contribution in [2.45, 2.75) is 119 Å². The van der Waals surface area contributed by atoms with Gasteiger partial charge in [-0.2, -0.15) is 0 Å². The molecule has 0 amide bonds. The van der Waals surface area contributed by atoms with Gasteiger partial charge in [0.1, 0.15) is 0 Å². The maximum atomic E-state index is 10.9. The maximum absolute atomic E-state index is 10.9. The molecule has 0 aliphatic heterocycles. The van der Waals surface area contributed by atoms with Gasteiger partial charge in [-0.1, -0.05) is 53.7 Å². The molecule has 0 spiro atoms. The van der Waals surface area contributed by atoms with Crippen LogP contribution in [0, 0.1) is 56.7 Å². The van der Waals surface area contributed by atoms with E-state index in [0.717, 1.165) is 30.1 Å². The highest BCUT2D eigenvalue weighted by Crippen LogP contribution is 2.77. The summed E-state index contributed by atoms with van der Waals surface area (Å²) < 4.78 is 0. The van der Waals surface area contributed by atoms with Crippen molar-refractivity contribution >= 4 is 0 Å². The largest absolute Gasteiger partial charge is 0.393 e. The van der Waals surface area contributed by atoms with Crippen LogP contribution in [-0.2, 0) is 0 Å². The SMILES string of the molecule is C=C(C)[C@@H]1CC[C@]2(C)CC[C@]3(C)[C@H](CC[C@@H]4[C@@]5(C)CC[C@@H](O)C(C)(C)[C@@H]5CC[C@]43C)[C@H]12. The third-order valence-corrected chi connectivity index (χ3v) is 13.5. The van der Waals surface area contributed by atoms with Crippen LogP contribution in [0.15, 0.2) is 12.2 Å². The van der Waals surface area contributed by atoms with E-state index in [0.29, 0.717) is 27.6 Å². The van der Waals surface area contributed by atoms with Gasteiger partial charge in [0.25, 0.3) is 0 Å². The Kier molecular flexibility index (Phi) is 4.82. The zero-order valence-electron chi connectivity index (χ0n) is 21.7.